The van der Waals surface area contributed by atoms with Crippen molar-refractivity contribution in [2.45, 2.75) is 32.1 Å². The van der Waals surface area contributed by atoms with Gasteiger partial charge in [0.05, 0.1) is 25.5 Å². The number of nitrogens with zero attached hydrogens (tertiary/aromatic N) is 1. The maximum Gasteiger partial charge on any atom is 0.186 e. The van der Waals surface area contributed by atoms with Gasteiger partial charge in [-0.15, -0.1) is 0 Å². The van der Waals surface area contributed by atoms with Crippen LogP contribution in [0.15, 0.2) is 29.4 Å². The summed E-state index contributed by atoms with van der Waals surface area (Å²) in [6.45, 7) is 6.08. The van der Waals surface area contributed by atoms with Crippen molar-refractivity contribution in [3.8, 4) is 0 Å². The summed E-state index contributed by atoms with van der Waals surface area (Å²) < 4.78 is 5.39. The minimum Gasteiger partial charge on any atom is -0.370 e. The predicted molar refractivity (Wildman–Crippen MR) is 105 cm³/mol. The van der Waals surface area contributed by atoms with Crippen molar-refractivity contribution in [3.63, 3.8) is 0 Å². The molecule has 0 saturated carbocycles. The molecule has 1 aromatic rings. The normalized spacial score (nSPS) is 19.9. The van der Waals surface area contributed by atoms with Crippen molar-refractivity contribution < 1.29 is 9.64 Å². The van der Waals surface area contributed by atoms with E-state index in [1.165, 1.54) is 30.5 Å². The second-order valence-electron chi connectivity index (χ2n) is 6.76. The predicted octanol–water partition coefficient (Wildman–Crippen LogP) is 0.886. The molecule has 25 heavy (non-hydrogen) atoms. The molecule has 0 amide bonds. The molecule has 136 valence electrons. The number of aryl methyl sites for hydroxylation is 1. The Labute approximate surface area is 155 Å². The number of morpholine rings is 1. The molecule has 0 aromatic heterocycles. The molecule has 5 nitrogen and oxygen atoms in total. The van der Waals surface area contributed by atoms with Crippen molar-refractivity contribution in [1.29, 1.82) is 0 Å². The topological polar surface area (TPSA) is 50.1 Å². The van der Waals surface area contributed by atoms with Crippen molar-refractivity contribution in [2.24, 2.45) is 5.10 Å². The Balaban J connectivity index is 1.42. The highest BCUT2D eigenvalue weighted by atomic mass is 32.1. The molecule has 0 atom stereocenters. The molecule has 1 saturated heterocycles. The van der Waals surface area contributed by atoms with Crippen LogP contribution in [0.4, 0.5) is 0 Å². The van der Waals surface area contributed by atoms with E-state index in [-0.39, 0.29) is 0 Å². The molecule has 2 aliphatic rings. The Kier molecular flexibility index (Phi) is 7.21. The van der Waals surface area contributed by atoms with E-state index in [1.54, 1.807) is 4.90 Å². The molecule has 1 aliphatic heterocycles. The van der Waals surface area contributed by atoms with E-state index in [1.807, 2.05) is 0 Å². The molecule has 3 N–H and O–H groups in total. The maximum absolute atomic E-state index is 5.39. The molecule has 6 heteroatoms. The first-order chi connectivity index (χ1) is 12.3. The minimum absolute atomic E-state index is 0.617. The van der Waals surface area contributed by atoms with Crippen LogP contribution in [0.2, 0.25) is 0 Å². The quantitative estimate of drug-likeness (QED) is 0.316. The molecule has 1 aromatic carbocycles. The van der Waals surface area contributed by atoms with Gasteiger partial charge in [-0.1, -0.05) is 24.3 Å². The van der Waals surface area contributed by atoms with Gasteiger partial charge in [-0.25, -0.2) is 0 Å². The molecule has 0 radical (unpaired) electrons. The van der Waals surface area contributed by atoms with Crippen LogP contribution in [0.1, 0.15) is 36.8 Å². The lowest BCUT2D eigenvalue weighted by Gasteiger charge is -2.23. The number of benzene rings is 1. The lowest BCUT2D eigenvalue weighted by molar-refractivity contribution is -0.908. The average Bonchev–Trinajstić information content (AvgIpc) is 2.87. The van der Waals surface area contributed by atoms with Crippen molar-refractivity contribution in [3.05, 3.63) is 35.4 Å². The van der Waals surface area contributed by atoms with Crippen LogP contribution in [0.3, 0.4) is 0 Å². The molecule has 0 spiro atoms. The van der Waals surface area contributed by atoms with Gasteiger partial charge in [-0.3, -0.25) is 5.43 Å². The fraction of sp³-hybridized carbons (Fsp3) is 0.579. The summed E-state index contributed by atoms with van der Waals surface area (Å²) in [6, 6.07) is 8.57. The van der Waals surface area contributed by atoms with Crippen molar-refractivity contribution in [2.75, 3.05) is 39.4 Å². The smallest absolute Gasteiger partial charge is 0.186 e. The lowest BCUT2D eigenvalue weighted by atomic mass is 10.0. The van der Waals surface area contributed by atoms with E-state index in [4.69, 9.17) is 17.0 Å². The number of fused-ring (bicyclic) bond motifs is 1. The van der Waals surface area contributed by atoms with Crippen LogP contribution in [-0.4, -0.2) is 50.2 Å². The summed E-state index contributed by atoms with van der Waals surface area (Å²) in [6.07, 6.45) is 5.66. The molecule has 1 heterocycles. The van der Waals surface area contributed by atoms with E-state index in [0.29, 0.717) is 5.11 Å². The van der Waals surface area contributed by atoms with Crippen LogP contribution in [-0.2, 0) is 11.2 Å². The van der Waals surface area contributed by atoms with Crippen LogP contribution in [0.5, 0.6) is 0 Å². The number of ether oxygens (including phenoxy) is 1. The number of quaternary nitrogens is 1. The number of rotatable bonds is 5. The molecule has 1 aliphatic carbocycles. The first-order valence-electron chi connectivity index (χ1n) is 9.43. The molecule has 3 rings (SSSR count). The summed E-state index contributed by atoms with van der Waals surface area (Å²) in [5, 5.41) is 8.48. The third-order valence-corrected chi connectivity index (χ3v) is 5.16. The summed E-state index contributed by atoms with van der Waals surface area (Å²) in [5.41, 5.74) is 6.83. The van der Waals surface area contributed by atoms with Crippen LogP contribution < -0.4 is 15.6 Å². The summed E-state index contributed by atoms with van der Waals surface area (Å²) in [4.78, 5) is 1.63. The molecular formula is C19H29N4OS+. The number of hydrogen-bond acceptors (Lipinski definition) is 3. The van der Waals surface area contributed by atoms with Gasteiger partial charge in [0.25, 0.3) is 0 Å². The van der Waals surface area contributed by atoms with Gasteiger partial charge in [-0.05, 0) is 43.5 Å². The minimum atomic E-state index is 0.617. The van der Waals surface area contributed by atoms with E-state index >= 15 is 0 Å². The highest BCUT2D eigenvalue weighted by molar-refractivity contribution is 7.80. The number of hydrazone groups is 1. The first-order valence-corrected chi connectivity index (χ1v) is 9.84. The molecule has 0 bridgehead atoms. The number of thiocarbonyl (C=S) groups is 1. The van der Waals surface area contributed by atoms with Gasteiger partial charge in [0, 0.05) is 18.5 Å². The zero-order valence-corrected chi connectivity index (χ0v) is 15.7. The van der Waals surface area contributed by atoms with E-state index in [2.05, 4.69) is 40.1 Å². The third-order valence-electron chi connectivity index (χ3n) is 4.92. The molecular weight excluding hydrogens is 332 g/mol. The molecule has 1 fully saturated rings. The van der Waals surface area contributed by atoms with E-state index < -0.39 is 0 Å². The van der Waals surface area contributed by atoms with E-state index in [0.717, 1.165) is 57.8 Å². The highest BCUT2D eigenvalue weighted by Gasteiger charge is 2.14. The largest absolute Gasteiger partial charge is 0.370 e. The summed E-state index contributed by atoms with van der Waals surface area (Å²) >= 11 is 5.37. The third kappa shape index (κ3) is 5.76. The van der Waals surface area contributed by atoms with Crippen LogP contribution in [0.25, 0.3) is 0 Å². The van der Waals surface area contributed by atoms with Gasteiger partial charge >= 0.3 is 0 Å². The fourth-order valence-corrected chi connectivity index (χ4v) is 3.63. The Morgan fingerprint density at radius 3 is 2.84 bits per heavy atom. The van der Waals surface area contributed by atoms with E-state index in [9.17, 15) is 0 Å². The van der Waals surface area contributed by atoms with Gasteiger partial charge in [0.15, 0.2) is 5.11 Å². The average molecular weight is 362 g/mol. The second-order valence-corrected chi connectivity index (χ2v) is 7.16. The standard InChI is InChI=1S/C19H28N4OS/c25-19(20-10-5-11-23-12-14-24-15-13-23)22-21-18-9-4-2-7-16-6-1-3-8-17(16)18/h1,3,6,8H,2,4-5,7,9-15H2,(H2,20,22,25)/p+1/b21-18+. The number of hydrogen-bond donors (Lipinski definition) is 3. The summed E-state index contributed by atoms with van der Waals surface area (Å²) in [7, 11) is 0. The molecule has 0 unspecified atom stereocenters. The first kappa shape index (κ1) is 18.3. The van der Waals surface area contributed by atoms with Crippen LogP contribution >= 0.6 is 12.2 Å². The Morgan fingerprint density at radius 2 is 1.96 bits per heavy atom. The second kappa shape index (κ2) is 9.85. The van der Waals surface area contributed by atoms with Gasteiger partial charge < -0.3 is 15.0 Å². The van der Waals surface area contributed by atoms with Crippen molar-refractivity contribution >= 4 is 23.0 Å². The zero-order chi connectivity index (χ0) is 17.3. The fourth-order valence-electron chi connectivity index (χ4n) is 3.49. The van der Waals surface area contributed by atoms with Crippen LogP contribution in [0, 0.1) is 0 Å². The number of nitrogens with one attached hydrogen (secondary N) is 3. The van der Waals surface area contributed by atoms with Crippen molar-refractivity contribution in [1.82, 2.24) is 10.7 Å². The summed E-state index contributed by atoms with van der Waals surface area (Å²) in [5.74, 6) is 0. The Bertz CT molecular complexity index is 599. The Hall–Kier alpha value is -1.50. The van der Waals surface area contributed by atoms with Gasteiger partial charge in [0.1, 0.15) is 13.1 Å². The zero-order valence-electron chi connectivity index (χ0n) is 14.9. The SMILES string of the molecule is S=C(NCCC[NH+]1CCOCC1)N/N=C1\CCCCc2ccccc21. The lowest BCUT2D eigenvalue weighted by Crippen LogP contribution is -3.14. The Morgan fingerprint density at radius 1 is 1.16 bits per heavy atom. The van der Waals surface area contributed by atoms with Gasteiger partial charge in [-0.2, -0.15) is 5.10 Å². The monoisotopic (exact) mass is 361 g/mol. The van der Waals surface area contributed by atoms with Gasteiger partial charge in [0.2, 0.25) is 0 Å². The maximum atomic E-state index is 5.39. The highest BCUT2D eigenvalue weighted by Crippen LogP contribution is 2.20.